The molecule has 0 atom stereocenters. The molecule has 3 aromatic rings. The average Bonchev–Trinajstić information content (AvgIpc) is 3.14. The quantitative estimate of drug-likeness (QED) is 0.592. The van der Waals surface area contributed by atoms with Crippen molar-refractivity contribution in [1.82, 2.24) is 30.0 Å². The molecule has 1 aliphatic heterocycles. The van der Waals surface area contributed by atoms with E-state index in [0.717, 1.165) is 67.6 Å². The topological polar surface area (TPSA) is 99.0 Å². The molecule has 8 heteroatoms. The van der Waals surface area contributed by atoms with E-state index in [2.05, 4.69) is 37.3 Å². The van der Waals surface area contributed by atoms with Crippen molar-refractivity contribution in [3.63, 3.8) is 0 Å². The van der Waals surface area contributed by atoms with Crippen molar-refractivity contribution in [1.29, 1.82) is 0 Å². The normalized spacial score (nSPS) is 15.5. The van der Waals surface area contributed by atoms with Crippen molar-refractivity contribution in [3.05, 3.63) is 47.7 Å². The number of nitrogens with zero attached hydrogens (tertiary/aromatic N) is 5. The predicted molar refractivity (Wildman–Crippen MR) is 116 cm³/mol. The summed E-state index contributed by atoms with van der Waals surface area (Å²) < 4.78 is 0. The number of aromatic nitrogens is 4. The maximum absolute atomic E-state index is 6.41. The summed E-state index contributed by atoms with van der Waals surface area (Å²) in [4.78, 5) is 14.2. The first kappa shape index (κ1) is 19.4. The molecule has 1 aliphatic rings. The number of aromatic amines is 1. The van der Waals surface area contributed by atoms with Crippen LogP contribution < -0.4 is 11.1 Å². The Balaban J connectivity index is 1.61. The number of aryl methyl sites for hydroxylation is 1. The fraction of sp³-hybridized carbons (Fsp3) is 0.381. The number of H-pyrrole nitrogens is 1. The Morgan fingerprint density at radius 2 is 1.86 bits per heavy atom. The molecule has 2 aromatic heterocycles. The van der Waals surface area contributed by atoms with Crippen molar-refractivity contribution < 1.29 is 0 Å². The van der Waals surface area contributed by atoms with Crippen LogP contribution in [-0.2, 0) is 6.42 Å². The molecule has 29 heavy (non-hydrogen) atoms. The largest absolute Gasteiger partial charge is 0.383 e. The van der Waals surface area contributed by atoms with Crippen molar-refractivity contribution >= 4 is 17.5 Å². The lowest BCUT2D eigenvalue weighted by Crippen LogP contribution is -2.45. The summed E-state index contributed by atoms with van der Waals surface area (Å²) in [6.07, 6.45) is 0.788. The first-order valence-corrected chi connectivity index (χ1v) is 10.0. The highest BCUT2D eigenvalue weighted by atomic mass is 15.2. The van der Waals surface area contributed by atoms with Crippen LogP contribution in [0.3, 0.4) is 0 Å². The van der Waals surface area contributed by atoms with Crippen molar-refractivity contribution in [2.24, 2.45) is 0 Å². The summed E-state index contributed by atoms with van der Waals surface area (Å²) in [6.45, 7) is 7.23. The molecule has 1 fully saturated rings. The van der Waals surface area contributed by atoms with Gasteiger partial charge in [0, 0.05) is 55.6 Å². The molecule has 1 aromatic carbocycles. The van der Waals surface area contributed by atoms with Gasteiger partial charge in [0.25, 0.3) is 0 Å². The second-order valence-corrected chi connectivity index (χ2v) is 7.58. The van der Waals surface area contributed by atoms with E-state index in [1.165, 1.54) is 0 Å². The molecule has 8 nitrogen and oxygen atoms in total. The minimum atomic E-state index is 0.516. The Bertz CT molecular complexity index is 945. The number of anilines is 3. The third-order valence-corrected chi connectivity index (χ3v) is 5.30. The molecule has 0 amide bonds. The van der Waals surface area contributed by atoms with Crippen molar-refractivity contribution in [2.45, 2.75) is 13.3 Å². The second kappa shape index (κ2) is 8.59. The van der Waals surface area contributed by atoms with Crippen LogP contribution in [0.4, 0.5) is 17.5 Å². The zero-order chi connectivity index (χ0) is 20.2. The van der Waals surface area contributed by atoms with Gasteiger partial charge >= 0.3 is 0 Å². The van der Waals surface area contributed by atoms with Crippen LogP contribution in [0, 0.1) is 6.92 Å². The first-order valence-electron chi connectivity index (χ1n) is 10.0. The number of nitrogen functional groups attached to an aromatic ring is 1. The average molecular weight is 393 g/mol. The van der Waals surface area contributed by atoms with Gasteiger partial charge in [-0.2, -0.15) is 5.10 Å². The van der Waals surface area contributed by atoms with Gasteiger partial charge in [0.2, 0.25) is 0 Å². The Labute approximate surface area is 171 Å². The second-order valence-electron chi connectivity index (χ2n) is 7.58. The number of nitrogens with two attached hydrogens (primary N) is 1. The molecule has 0 bridgehead atoms. The van der Waals surface area contributed by atoms with Crippen molar-refractivity contribution in [2.75, 3.05) is 50.8 Å². The van der Waals surface area contributed by atoms with Crippen LogP contribution in [-0.4, -0.2) is 69.7 Å². The summed E-state index contributed by atoms with van der Waals surface area (Å²) in [5.74, 6) is 2.57. The number of nitrogens with one attached hydrogen (secondary N) is 2. The van der Waals surface area contributed by atoms with E-state index in [1.807, 2.05) is 43.3 Å². The molecule has 152 valence electrons. The highest BCUT2D eigenvalue weighted by Gasteiger charge is 2.18. The van der Waals surface area contributed by atoms with Gasteiger partial charge in [0.15, 0.2) is 11.6 Å². The number of rotatable bonds is 6. The Kier molecular flexibility index (Phi) is 5.73. The van der Waals surface area contributed by atoms with E-state index < -0.39 is 0 Å². The van der Waals surface area contributed by atoms with Crippen LogP contribution >= 0.6 is 0 Å². The Morgan fingerprint density at radius 3 is 2.55 bits per heavy atom. The van der Waals surface area contributed by atoms with Gasteiger partial charge in [0.05, 0.1) is 0 Å². The fourth-order valence-electron chi connectivity index (χ4n) is 3.51. The number of hydrogen-bond acceptors (Lipinski definition) is 7. The Morgan fingerprint density at radius 1 is 1.10 bits per heavy atom. The molecule has 0 saturated carbocycles. The van der Waals surface area contributed by atoms with Gasteiger partial charge in [0.1, 0.15) is 11.6 Å². The molecule has 0 unspecified atom stereocenters. The van der Waals surface area contributed by atoms with Gasteiger partial charge in [-0.3, -0.25) is 5.10 Å². The van der Waals surface area contributed by atoms with Crippen LogP contribution in [0.2, 0.25) is 0 Å². The highest BCUT2D eigenvalue weighted by Crippen LogP contribution is 2.27. The third-order valence-electron chi connectivity index (χ3n) is 5.30. The monoisotopic (exact) mass is 392 g/mol. The molecular weight excluding hydrogens is 364 g/mol. The van der Waals surface area contributed by atoms with Crippen LogP contribution in [0.25, 0.3) is 11.4 Å². The minimum absolute atomic E-state index is 0.516. The van der Waals surface area contributed by atoms with E-state index in [1.54, 1.807) is 0 Å². The van der Waals surface area contributed by atoms with E-state index in [0.29, 0.717) is 11.6 Å². The third kappa shape index (κ3) is 4.72. The fourth-order valence-corrected chi connectivity index (χ4v) is 3.51. The van der Waals surface area contributed by atoms with Gasteiger partial charge in [-0.05, 0) is 20.4 Å². The maximum Gasteiger partial charge on any atom is 0.163 e. The molecule has 1 saturated heterocycles. The zero-order valence-electron chi connectivity index (χ0n) is 17.0. The zero-order valence-corrected chi connectivity index (χ0v) is 17.0. The molecule has 3 heterocycles. The summed E-state index contributed by atoms with van der Waals surface area (Å²) in [5.41, 5.74) is 9.26. The van der Waals surface area contributed by atoms with E-state index in [-0.39, 0.29) is 0 Å². The molecule has 0 aliphatic carbocycles. The lowest BCUT2D eigenvalue weighted by molar-refractivity contribution is 0.155. The highest BCUT2D eigenvalue weighted by molar-refractivity contribution is 5.67. The Hall–Kier alpha value is -2.97. The molecule has 4 rings (SSSR count). The SMILES string of the molecule is Cc1cc(Nc2nc(-c3ccccc3)nc(N)c2CCN2CCN(C)CC2)n[nH]1. The van der Waals surface area contributed by atoms with Gasteiger partial charge in [-0.25, -0.2) is 9.97 Å². The van der Waals surface area contributed by atoms with E-state index in [9.17, 15) is 0 Å². The number of benzene rings is 1. The van der Waals surface area contributed by atoms with Crippen LogP contribution in [0.5, 0.6) is 0 Å². The summed E-state index contributed by atoms with van der Waals surface area (Å²) in [6, 6.07) is 11.8. The standard InChI is InChI=1S/C21H28N8/c1-15-14-18(27-26-15)23-21-17(8-9-29-12-10-28(2)11-13-29)19(22)24-20(25-21)16-6-4-3-5-7-16/h3-7,14H,8-13H2,1-2H3,(H4,22,23,24,25,26,27). The van der Waals surface area contributed by atoms with Crippen molar-refractivity contribution in [3.8, 4) is 11.4 Å². The smallest absolute Gasteiger partial charge is 0.163 e. The number of piperazine rings is 1. The van der Waals surface area contributed by atoms with Crippen LogP contribution in [0.15, 0.2) is 36.4 Å². The number of likely N-dealkylation sites (N-methyl/N-ethyl adjacent to an activating group) is 1. The summed E-state index contributed by atoms with van der Waals surface area (Å²) in [5, 5.41) is 10.6. The van der Waals surface area contributed by atoms with Gasteiger partial charge < -0.3 is 20.9 Å². The van der Waals surface area contributed by atoms with E-state index >= 15 is 0 Å². The lowest BCUT2D eigenvalue weighted by Gasteiger charge is -2.32. The molecule has 0 spiro atoms. The van der Waals surface area contributed by atoms with Gasteiger partial charge in [-0.1, -0.05) is 30.3 Å². The molecule has 0 radical (unpaired) electrons. The van der Waals surface area contributed by atoms with Gasteiger partial charge in [-0.15, -0.1) is 0 Å². The lowest BCUT2D eigenvalue weighted by atomic mass is 10.1. The van der Waals surface area contributed by atoms with E-state index in [4.69, 9.17) is 10.7 Å². The molecular formula is C21H28N8. The predicted octanol–water partition coefficient (Wildman–Crippen LogP) is 2.29. The maximum atomic E-state index is 6.41. The summed E-state index contributed by atoms with van der Waals surface area (Å²) in [7, 11) is 2.17. The molecule has 4 N–H and O–H groups in total. The first-order chi connectivity index (χ1) is 14.1. The number of hydrogen-bond donors (Lipinski definition) is 3. The van der Waals surface area contributed by atoms with Crippen LogP contribution in [0.1, 0.15) is 11.3 Å². The minimum Gasteiger partial charge on any atom is -0.383 e. The summed E-state index contributed by atoms with van der Waals surface area (Å²) >= 11 is 0.